The van der Waals surface area contributed by atoms with Gasteiger partial charge in [-0.05, 0) is 48.4 Å². The van der Waals surface area contributed by atoms with Crippen molar-refractivity contribution >= 4 is 51.8 Å². The number of carbonyl (C=O) groups is 4. The van der Waals surface area contributed by atoms with Gasteiger partial charge in [0, 0.05) is 56.6 Å². The number of carbonyl (C=O) groups excluding carboxylic acids is 4. The highest BCUT2D eigenvalue weighted by molar-refractivity contribution is 6.74. The molecule has 2 aliphatic heterocycles. The van der Waals surface area contributed by atoms with E-state index in [1.54, 1.807) is 34.1 Å². The maximum atomic E-state index is 14.1. The lowest BCUT2D eigenvalue weighted by Gasteiger charge is -2.38. The molecule has 0 saturated carbocycles. The van der Waals surface area contributed by atoms with Crippen molar-refractivity contribution in [2.45, 2.75) is 135 Å². The van der Waals surface area contributed by atoms with Gasteiger partial charge in [-0.1, -0.05) is 41.5 Å². The van der Waals surface area contributed by atoms with Gasteiger partial charge in [0.2, 0.25) is 0 Å². The van der Waals surface area contributed by atoms with Crippen molar-refractivity contribution in [3.63, 3.8) is 0 Å². The number of nitrogen functional groups attached to an aromatic ring is 2. The summed E-state index contributed by atoms with van der Waals surface area (Å²) in [5.74, 6) is -0.144. The zero-order chi connectivity index (χ0) is 47.2. The molecular weight excluding hydrogens is 845 g/mol. The van der Waals surface area contributed by atoms with Gasteiger partial charge in [-0.15, -0.1) is 0 Å². The predicted molar refractivity (Wildman–Crippen MR) is 247 cm³/mol. The van der Waals surface area contributed by atoms with Crippen molar-refractivity contribution in [3.8, 4) is 23.0 Å². The molecule has 0 radical (unpaired) electrons. The standard InChI is InChI=1S/C45H72N4O12Si2/c1-28(50)60-32-18-30(26-58-62(11,12)44(3,4)5)48(24-32)42(52)34-20-38(54-9)40(22-36(34)46)56-16-15-17-57-41-23-37(47)35(21-39(41)55-10)43(53)49-25-33(61-29(2)51)19-31(49)27-59-63(13,14)45(6,7)8/h20-23,30-33H,15-19,24-27,46-47H2,1-14H3/t30-,31-,32+,33+/m0/s1. The molecule has 0 aliphatic carbocycles. The van der Waals surface area contributed by atoms with Crippen LogP contribution in [0.1, 0.15) is 95.4 Å². The van der Waals surface area contributed by atoms with Crippen LogP contribution in [0.5, 0.6) is 23.0 Å². The van der Waals surface area contributed by atoms with Crippen LogP contribution in [0.25, 0.3) is 0 Å². The summed E-state index contributed by atoms with van der Waals surface area (Å²) in [6, 6.07) is 5.61. The van der Waals surface area contributed by atoms with Crippen LogP contribution in [0, 0.1) is 0 Å². The van der Waals surface area contributed by atoms with E-state index >= 15 is 0 Å². The SMILES string of the molecule is COc1cc(C(=O)N2C[C@H](OC(C)=O)C[C@H]2CO[Si](C)(C)C(C)(C)C)c(N)cc1OCCCOc1cc(N)c(C(=O)N2C[C@H](OC(C)=O)C[C@H]2CO[Si](C)(C)C(C)(C)C)cc1OC. The lowest BCUT2D eigenvalue weighted by molar-refractivity contribution is -0.146. The van der Waals surface area contributed by atoms with E-state index in [9.17, 15) is 19.2 Å². The number of nitrogens with two attached hydrogens (primary N) is 2. The number of likely N-dealkylation sites (tertiary alicyclic amines) is 2. The van der Waals surface area contributed by atoms with Crippen LogP contribution in [0.15, 0.2) is 24.3 Å². The molecule has 2 saturated heterocycles. The number of anilines is 2. The van der Waals surface area contributed by atoms with Crippen LogP contribution in [0.3, 0.4) is 0 Å². The molecular formula is C45H72N4O12Si2. The highest BCUT2D eigenvalue weighted by Gasteiger charge is 2.44. The second-order valence-electron chi connectivity index (χ2n) is 19.5. The van der Waals surface area contributed by atoms with E-state index in [4.69, 9.17) is 48.7 Å². The molecule has 63 heavy (non-hydrogen) atoms. The van der Waals surface area contributed by atoms with Gasteiger partial charge in [0.25, 0.3) is 11.8 Å². The highest BCUT2D eigenvalue weighted by atomic mass is 28.4. The quantitative estimate of drug-likeness (QED) is 0.0667. The number of amides is 2. The number of hydrogen-bond acceptors (Lipinski definition) is 14. The summed E-state index contributed by atoms with van der Waals surface area (Å²) in [4.78, 5) is 55.2. The van der Waals surface area contributed by atoms with Crippen molar-refractivity contribution < 1.29 is 56.5 Å². The van der Waals surface area contributed by atoms with Gasteiger partial charge in [-0.3, -0.25) is 19.2 Å². The minimum absolute atomic E-state index is 0.0242. The Bertz CT molecular complexity index is 1830. The number of nitrogens with zero attached hydrogens (tertiary/aromatic N) is 2. The van der Waals surface area contributed by atoms with Gasteiger partial charge in [-0.2, -0.15) is 0 Å². The molecule has 352 valence electrons. The molecule has 0 unspecified atom stereocenters. The van der Waals surface area contributed by atoms with Crippen LogP contribution in [0.2, 0.25) is 36.3 Å². The molecule has 2 aliphatic rings. The minimum atomic E-state index is -2.14. The lowest BCUT2D eigenvalue weighted by Crippen LogP contribution is -2.46. The second-order valence-corrected chi connectivity index (χ2v) is 29.1. The van der Waals surface area contributed by atoms with Crippen LogP contribution < -0.4 is 30.4 Å². The Hall–Kier alpha value is -4.53. The Kier molecular flexibility index (Phi) is 16.7. The molecule has 18 heteroatoms. The van der Waals surface area contributed by atoms with Gasteiger partial charge in [0.1, 0.15) is 12.2 Å². The topological polar surface area (TPSA) is 201 Å². The summed E-state index contributed by atoms with van der Waals surface area (Å²) < 4.78 is 47.4. The van der Waals surface area contributed by atoms with Crippen molar-refractivity contribution in [1.29, 1.82) is 0 Å². The van der Waals surface area contributed by atoms with E-state index in [0.29, 0.717) is 55.5 Å². The summed E-state index contributed by atoms with van der Waals surface area (Å²) in [5, 5.41) is -0.0485. The summed E-state index contributed by atoms with van der Waals surface area (Å²) in [6.07, 6.45) is 0.400. The van der Waals surface area contributed by atoms with E-state index in [2.05, 4.69) is 67.7 Å². The Morgan fingerprint density at radius 1 is 0.619 bits per heavy atom. The minimum Gasteiger partial charge on any atom is -0.493 e. The predicted octanol–water partition coefficient (Wildman–Crippen LogP) is 7.05. The Morgan fingerprint density at radius 3 is 1.27 bits per heavy atom. The van der Waals surface area contributed by atoms with E-state index < -0.39 is 40.8 Å². The highest BCUT2D eigenvalue weighted by Crippen LogP contribution is 2.40. The zero-order valence-corrected chi connectivity index (χ0v) is 41.9. The summed E-state index contributed by atoms with van der Waals surface area (Å²) >= 11 is 0. The molecule has 16 nitrogen and oxygen atoms in total. The van der Waals surface area contributed by atoms with Crippen molar-refractivity contribution in [1.82, 2.24) is 9.80 Å². The third kappa shape index (κ3) is 12.8. The molecule has 2 fully saturated rings. The van der Waals surface area contributed by atoms with Gasteiger partial charge >= 0.3 is 11.9 Å². The van der Waals surface area contributed by atoms with Gasteiger partial charge in [0.05, 0.1) is 76.9 Å². The van der Waals surface area contributed by atoms with Gasteiger partial charge in [0.15, 0.2) is 39.6 Å². The van der Waals surface area contributed by atoms with Crippen molar-refractivity contribution in [2.24, 2.45) is 0 Å². The average molecular weight is 917 g/mol. The number of hydrogen-bond donors (Lipinski definition) is 2. The molecule has 4 N–H and O–H groups in total. The first-order chi connectivity index (χ1) is 29.2. The molecule has 4 rings (SSSR count). The molecule has 0 aromatic heterocycles. The fraction of sp³-hybridized carbons (Fsp3) is 0.644. The normalized spacial score (nSPS) is 19.5. The van der Waals surface area contributed by atoms with E-state index in [0.717, 1.165) is 0 Å². The Morgan fingerprint density at radius 2 is 0.968 bits per heavy atom. The Labute approximate surface area is 375 Å². The largest absolute Gasteiger partial charge is 0.493 e. The molecule has 2 heterocycles. The fourth-order valence-electron chi connectivity index (χ4n) is 7.04. The summed E-state index contributed by atoms with van der Waals surface area (Å²) in [6.45, 7) is 25.7. The van der Waals surface area contributed by atoms with Crippen LogP contribution in [-0.2, 0) is 27.9 Å². The molecule has 4 atom stereocenters. The van der Waals surface area contributed by atoms with E-state index in [-0.39, 0.29) is 82.8 Å². The smallest absolute Gasteiger partial charge is 0.302 e. The first-order valence-corrected chi connectivity index (χ1v) is 27.5. The van der Waals surface area contributed by atoms with Crippen LogP contribution in [-0.4, -0.2) is 128 Å². The number of ether oxygens (including phenoxy) is 6. The Balaban J connectivity index is 1.41. The first kappa shape index (κ1) is 51.1. The monoisotopic (exact) mass is 916 g/mol. The lowest BCUT2D eigenvalue weighted by atomic mass is 10.1. The summed E-state index contributed by atoms with van der Waals surface area (Å²) in [7, 11) is -1.31. The molecule has 0 spiro atoms. The van der Waals surface area contributed by atoms with Crippen molar-refractivity contribution in [2.75, 3.05) is 65.2 Å². The average Bonchev–Trinajstić information content (AvgIpc) is 3.77. The third-order valence-electron chi connectivity index (χ3n) is 12.8. The first-order valence-electron chi connectivity index (χ1n) is 21.6. The van der Waals surface area contributed by atoms with E-state index in [1.165, 1.54) is 28.1 Å². The molecule has 2 aromatic carbocycles. The number of methoxy groups -OCH3 is 2. The number of rotatable bonds is 18. The number of benzene rings is 2. The maximum absolute atomic E-state index is 14.1. The van der Waals surface area contributed by atoms with E-state index in [1.807, 2.05) is 0 Å². The van der Waals surface area contributed by atoms with Gasteiger partial charge in [-0.25, -0.2) is 0 Å². The number of esters is 2. The molecule has 2 amide bonds. The third-order valence-corrected chi connectivity index (χ3v) is 21.8. The second kappa shape index (κ2) is 20.5. The summed E-state index contributed by atoms with van der Waals surface area (Å²) in [5.41, 5.74) is 13.8. The van der Waals surface area contributed by atoms with Crippen LogP contribution >= 0.6 is 0 Å². The molecule has 2 aromatic rings. The van der Waals surface area contributed by atoms with Crippen molar-refractivity contribution in [3.05, 3.63) is 35.4 Å². The molecule has 0 bridgehead atoms. The van der Waals surface area contributed by atoms with Crippen LogP contribution in [0.4, 0.5) is 11.4 Å². The zero-order valence-electron chi connectivity index (χ0n) is 39.9. The van der Waals surface area contributed by atoms with Gasteiger partial charge < -0.3 is 58.5 Å². The fourth-order valence-corrected chi connectivity index (χ4v) is 9.13. The maximum Gasteiger partial charge on any atom is 0.302 e.